The fraction of sp³-hybridized carbons (Fsp3) is 0.594. The Balaban J connectivity index is 1.34. The molecule has 0 heterocycles. The summed E-state index contributed by atoms with van der Waals surface area (Å²) in [5, 5.41) is 0. The van der Waals surface area contributed by atoms with E-state index in [-0.39, 0.29) is 17.4 Å². The zero-order chi connectivity index (χ0) is 27.2. The Morgan fingerprint density at radius 1 is 0.737 bits per heavy atom. The van der Waals surface area contributed by atoms with Crippen molar-refractivity contribution in [3.63, 3.8) is 0 Å². The molecule has 0 radical (unpaired) electrons. The molecule has 0 atom stereocenters. The number of aryl methyl sites for hydroxylation is 1. The summed E-state index contributed by atoms with van der Waals surface area (Å²) in [6, 6.07) is 6.24. The van der Waals surface area contributed by atoms with Gasteiger partial charge in [0.15, 0.2) is 23.3 Å². The van der Waals surface area contributed by atoms with Gasteiger partial charge >= 0.3 is 5.97 Å². The normalized spacial score (nSPS) is 23.8. The smallest absolute Gasteiger partial charge is 0.341 e. The van der Waals surface area contributed by atoms with Crippen molar-refractivity contribution >= 4 is 5.97 Å². The Labute approximate surface area is 224 Å². The van der Waals surface area contributed by atoms with Crippen LogP contribution in [0.25, 0.3) is 0 Å². The molecule has 6 heteroatoms. The molecule has 0 spiro atoms. The SMILES string of the molecule is CCCCc1ccc(C(=O)OC2CCC(c3ccc(C4CCC(CCC)CC4)c(F)c3F)CC2)c(F)c1F. The van der Waals surface area contributed by atoms with Gasteiger partial charge in [0.1, 0.15) is 6.10 Å². The van der Waals surface area contributed by atoms with Gasteiger partial charge in [-0.15, -0.1) is 0 Å². The van der Waals surface area contributed by atoms with E-state index in [0.29, 0.717) is 49.1 Å². The van der Waals surface area contributed by atoms with Crippen LogP contribution in [-0.2, 0) is 11.2 Å². The van der Waals surface area contributed by atoms with Gasteiger partial charge in [0, 0.05) is 0 Å². The van der Waals surface area contributed by atoms with Gasteiger partial charge in [0.25, 0.3) is 0 Å². The van der Waals surface area contributed by atoms with Gasteiger partial charge in [0.2, 0.25) is 0 Å². The van der Waals surface area contributed by atoms with E-state index in [1.807, 2.05) is 6.92 Å². The van der Waals surface area contributed by atoms with E-state index in [9.17, 15) is 13.6 Å². The van der Waals surface area contributed by atoms with Gasteiger partial charge < -0.3 is 4.74 Å². The van der Waals surface area contributed by atoms with Crippen molar-refractivity contribution < 1.29 is 27.1 Å². The van der Waals surface area contributed by atoms with Crippen LogP contribution in [0, 0.1) is 29.2 Å². The topological polar surface area (TPSA) is 26.3 Å². The summed E-state index contributed by atoms with van der Waals surface area (Å²) >= 11 is 0. The first-order valence-electron chi connectivity index (χ1n) is 14.5. The number of hydrogen-bond acceptors (Lipinski definition) is 2. The largest absolute Gasteiger partial charge is 0.459 e. The van der Waals surface area contributed by atoms with E-state index in [2.05, 4.69) is 6.92 Å². The first-order valence-corrected chi connectivity index (χ1v) is 14.5. The molecule has 2 saturated carbocycles. The van der Waals surface area contributed by atoms with Gasteiger partial charge in [-0.05, 0) is 105 Å². The summed E-state index contributed by atoms with van der Waals surface area (Å²) in [5.74, 6) is -3.90. The minimum Gasteiger partial charge on any atom is -0.459 e. The summed E-state index contributed by atoms with van der Waals surface area (Å²) in [6.07, 6.45) is 9.84. The lowest BCUT2D eigenvalue weighted by molar-refractivity contribution is 0.0188. The average Bonchev–Trinajstić information content (AvgIpc) is 2.92. The van der Waals surface area contributed by atoms with Crippen molar-refractivity contribution in [2.45, 2.75) is 115 Å². The molecule has 0 aliphatic heterocycles. The number of ether oxygens (including phenoxy) is 1. The number of halogens is 4. The molecule has 2 fully saturated rings. The van der Waals surface area contributed by atoms with Crippen LogP contribution in [-0.4, -0.2) is 12.1 Å². The zero-order valence-electron chi connectivity index (χ0n) is 22.6. The number of carbonyl (C=O) groups is 1. The number of hydrogen-bond donors (Lipinski definition) is 0. The number of carbonyl (C=O) groups excluding carboxylic acids is 1. The molecular weight excluding hydrogens is 492 g/mol. The Morgan fingerprint density at radius 3 is 1.87 bits per heavy atom. The van der Waals surface area contributed by atoms with Crippen LogP contribution in [0.4, 0.5) is 17.6 Å². The zero-order valence-corrected chi connectivity index (χ0v) is 22.6. The summed E-state index contributed by atoms with van der Waals surface area (Å²) in [6.45, 7) is 4.15. The Morgan fingerprint density at radius 2 is 1.32 bits per heavy atom. The van der Waals surface area contributed by atoms with E-state index in [1.165, 1.54) is 18.6 Å². The molecule has 38 heavy (non-hydrogen) atoms. The second-order valence-corrected chi connectivity index (χ2v) is 11.3. The molecule has 2 aliphatic carbocycles. The number of rotatable bonds is 9. The maximum absolute atomic E-state index is 15.2. The summed E-state index contributed by atoms with van der Waals surface area (Å²) in [4.78, 5) is 12.6. The van der Waals surface area contributed by atoms with Crippen LogP contribution in [0.5, 0.6) is 0 Å². The monoisotopic (exact) mass is 532 g/mol. The molecule has 0 saturated heterocycles. The third kappa shape index (κ3) is 6.43. The molecule has 0 unspecified atom stereocenters. The summed E-state index contributed by atoms with van der Waals surface area (Å²) in [5.41, 5.74) is 0.730. The lowest BCUT2D eigenvalue weighted by Crippen LogP contribution is -2.25. The van der Waals surface area contributed by atoms with Crippen LogP contribution in [0.15, 0.2) is 24.3 Å². The lowest BCUT2D eigenvalue weighted by Gasteiger charge is -2.31. The van der Waals surface area contributed by atoms with Crippen molar-refractivity contribution in [1.82, 2.24) is 0 Å². The molecule has 2 aromatic rings. The van der Waals surface area contributed by atoms with Crippen LogP contribution >= 0.6 is 0 Å². The van der Waals surface area contributed by atoms with Crippen molar-refractivity contribution in [2.75, 3.05) is 0 Å². The van der Waals surface area contributed by atoms with E-state index < -0.39 is 40.9 Å². The summed E-state index contributed by atoms with van der Waals surface area (Å²) in [7, 11) is 0. The first-order chi connectivity index (χ1) is 18.3. The Kier molecular flexibility index (Phi) is 9.89. The van der Waals surface area contributed by atoms with Crippen molar-refractivity contribution in [1.29, 1.82) is 0 Å². The summed E-state index contributed by atoms with van der Waals surface area (Å²) < 4.78 is 64.7. The minimum atomic E-state index is -1.17. The predicted molar refractivity (Wildman–Crippen MR) is 141 cm³/mol. The molecule has 2 nitrogen and oxygen atoms in total. The fourth-order valence-electron chi connectivity index (χ4n) is 6.39. The van der Waals surface area contributed by atoms with Crippen molar-refractivity contribution in [3.8, 4) is 0 Å². The van der Waals surface area contributed by atoms with Crippen LogP contribution < -0.4 is 0 Å². The number of unbranched alkanes of at least 4 members (excludes halogenated alkanes) is 1. The highest BCUT2D eigenvalue weighted by atomic mass is 19.2. The van der Waals surface area contributed by atoms with Gasteiger partial charge in [0.05, 0.1) is 5.56 Å². The molecular formula is C32H40F4O2. The maximum atomic E-state index is 15.2. The highest BCUT2D eigenvalue weighted by Crippen LogP contribution is 2.41. The second-order valence-electron chi connectivity index (χ2n) is 11.3. The minimum absolute atomic E-state index is 0.0766. The van der Waals surface area contributed by atoms with E-state index in [0.717, 1.165) is 44.9 Å². The van der Waals surface area contributed by atoms with Crippen LogP contribution in [0.2, 0.25) is 0 Å². The molecule has 0 aromatic heterocycles. The molecule has 0 bridgehead atoms. The fourth-order valence-corrected chi connectivity index (χ4v) is 6.39. The third-order valence-corrected chi connectivity index (χ3v) is 8.70. The van der Waals surface area contributed by atoms with Gasteiger partial charge in [-0.3, -0.25) is 0 Å². The Bertz CT molecular complexity index is 1100. The van der Waals surface area contributed by atoms with Gasteiger partial charge in [-0.1, -0.05) is 51.3 Å². The molecule has 0 N–H and O–H groups in total. The number of benzene rings is 2. The van der Waals surface area contributed by atoms with Gasteiger partial charge in [-0.25, -0.2) is 22.4 Å². The lowest BCUT2D eigenvalue weighted by atomic mass is 9.76. The third-order valence-electron chi connectivity index (χ3n) is 8.70. The maximum Gasteiger partial charge on any atom is 0.341 e. The quantitative estimate of drug-likeness (QED) is 0.237. The van der Waals surface area contributed by atoms with Gasteiger partial charge in [-0.2, -0.15) is 0 Å². The average molecular weight is 533 g/mol. The number of esters is 1. The molecule has 2 aromatic carbocycles. The molecule has 0 amide bonds. The molecule has 4 rings (SSSR count). The molecule has 208 valence electrons. The van der Waals surface area contributed by atoms with E-state index in [1.54, 1.807) is 12.1 Å². The highest BCUT2D eigenvalue weighted by Gasteiger charge is 2.31. The van der Waals surface area contributed by atoms with E-state index in [4.69, 9.17) is 4.74 Å². The molecule has 2 aliphatic rings. The first kappa shape index (κ1) is 28.6. The highest BCUT2D eigenvalue weighted by molar-refractivity contribution is 5.90. The predicted octanol–water partition coefficient (Wildman–Crippen LogP) is 9.54. The van der Waals surface area contributed by atoms with Crippen LogP contribution in [0.3, 0.4) is 0 Å². The Hall–Kier alpha value is -2.37. The van der Waals surface area contributed by atoms with Crippen LogP contribution in [0.1, 0.15) is 130 Å². The van der Waals surface area contributed by atoms with Crippen molar-refractivity contribution in [3.05, 3.63) is 69.8 Å². The second kappa shape index (κ2) is 13.1. The van der Waals surface area contributed by atoms with E-state index >= 15 is 8.78 Å². The standard InChI is InChI=1S/C32H40F4O2/c1-3-5-7-23-14-17-27(31(36)28(23)33)32(37)38-24-15-12-22(13-16-24)26-19-18-25(29(34)30(26)35)21-10-8-20(6-4-2)9-11-21/h14,17-22,24H,3-13,15-16H2,1-2H3. The van der Waals surface area contributed by atoms with Crippen molar-refractivity contribution in [2.24, 2.45) is 5.92 Å².